The molecule has 0 heterocycles. The van der Waals surface area contributed by atoms with Crippen molar-refractivity contribution in [1.29, 1.82) is 0 Å². The molecule has 0 spiro atoms. The van der Waals surface area contributed by atoms with Crippen molar-refractivity contribution >= 4 is 22.6 Å². The SMILES string of the molecule is CCCC(I)CCCC1CCC(COc2ccc(OC)c(F)c2F)CC1. The van der Waals surface area contributed by atoms with E-state index in [0.717, 1.165) is 22.7 Å². The van der Waals surface area contributed by atoms with Crippen LogP contribution >= 0.6 is 22.6 Å². The first-order valence-electron chi connectivity index (χ1n) is 9.84. The molecule has 0 aromatic heterocycles. The smallest absolute Gasteiger partial charge is 0.204 e. The molecular formula is C21H31F2IO2. The van der Waals surface area contributed by atoms with Crippen molar-refractivity contribution in [3.05, 3.63) is 23.8 Å². The zero-order chi connectivity index (χ0) is 18.9. The van der Waals surface area contributed by atoms with Gasteiger partial charge in [0.25, 0.3) is 0 Å². The number of benzene rings is 1. The molecule has 0 amide bonds. The van der Waals surface area contributed by atoms with Gasteiger partial charge in [-0.2, -0.15) is 8.78 Å². The highest BCUT2D eigenvalue weighted by Crippen LogP contribution is 2.34. The maximum Gasteiger partial charge on any atom is 0.204 e. The Hall–Kier alpha value is -0.590. The molecule has 0 radical (unpaired) electrons. The number of ether oxygens (including phenoxy) is 2. The molecule has 0 bridgehead atoms. The minimum atomic E-state index is -0.981. The molecule has 26 heavy (non-hydrogen) atoms. The average molecular weight is 480 g/mol. The second-order valence-electron chi connectivity index (χ2n) is 7.41. The third-order valence-corrected chi connectivity index (χ3v) is 6.65. The van der Waals surface area contributed by atoms with Gasteiger partial charge < -0.3 is 9.47 Å². The summed E-state index contributed by atoms with van der Waals surface area (Å²) in [5.41, 5.74) is 0. The van der Waals surface area contributed by atoms with E-state index in [4.69, 9.17) is 9.47 Å². The van der Waals surface area contributed by atoms with E-state index >= 15 is 0 Å². The second kappa shape index (κ2) is 11.3. The molecule has 1 atom stereocenters. The highest BCUT2D eigenvalue weighted by molar-refractivity contribution is 14.1. The Bertz CT molecular complexity index is 545. The van der Waals surface area contributed by atoms with E-state index < -0.39 is 11.6 Å². The predicted octanol–water partition coefficient (Wildman–Crippen LogP) is 6.93. The molecule has 5 heteroatoms. The van der Waals surface area contributed by atoms with Gasteiger partial charge in [-0.15, -0.1) is 0 Å². The number of rotatable bonds is 10. The fraction of sp³-hybridized carbons (Fsp3) is 0.714. The van der Waals surface area contributed by atoms with Gasteiger partial charge >= 0.3 is 0 Å². The lowest BCUT2D eigenvalue weighted by Crippen LogP contribution is -2.20. The largest absolute Gasteiger partial charge is 0.494 e. The Balaban J connectivity index is 1.68. The van der Waals surface area contributed by atoms with Gasteiger partial charge in [-0.3, -0.25) is 0 Å². The summed E-state index contributed by atoms with van der Waals surface area (Å²) in [5, 5.41) is 0. The molecule has 1 aliphatic rings. The molecule has 0 aliphatic heterocycles. The average Bonchev–Trinajstić information content (AvgIpc) is 2.64. The van der Waals surface area contributed by atoms with Crippen LogP contribution in [0.1, 0.15) is 64.7 Å². The minimum Gasteiger partial charge on any atom is -0.494 e. The van der Waals surface area contributed by atoms with Crippen molar-refractivity contribution in [3.63, 3.8) is 0 Å². The number of alkyl halides is 1. The molecule has 1 aliphatic carbocycles. The standard InChI is InChI=1S/C21H31F2IO2/c1-3-5-17(24)7-4-6-15-8-10-16(11-9-15)14-26-19-13-12-18(25-2)20(22)21(19)23/h12-13,15-17H,3-11,14H2,1-2H3. The normalized spacial score (nSPS) is 21.4. The van der Waals surface area contributed by atoms with Crippen molar-refractivity contribution in [2.75, 3.05) is 13.7 Å². The molecule has 1 aromatic carbocycles. The third kappa shape index (κ3) is 6.54. The number of methoxy groups -OCH3 is 1. The molecule has 1 unspecified atom stereocenters. The van der Waals surface area contributed by atoms with Crippen molar-refractivity contribution in [1.82, 2.24) is 0 Å². The van der Waals surface area contributed by atoms with Crippen molar-refractivity contribution in [2.24, 2.45) is 11.8 Å². The van der Waals surface area contributed by atoms with E-state index in [2.05, 4.69) is 29.5 Å². The first-order valence-corrected chi connectivity index (χ1v) is 11.1. The lowest BCUT2D eigenvalue weighted by atomic mass is 9.80. The van der Waals surface area contributed by atoms with Crippen molar-refractivity contribution in [2.45, 2.75) is 68.6 Å². The van der Waals surface area contributed by atoms with Crippen LogP contribution in [0.15, 0.2) is 12.1 Å². The zero-order valence-electron chi connectivity index (χ0n) is 15.9. The van der Waals surface area contributed by atoms with Gasteiger partial charge in [0, 0.05) is 3.92 Å². The Morgan fingerprint density at radius 2 is 1.65 bits per heavy atom. The first kappa shape index (κ1) is 21.7. The fourth-order valence-electron chi connectivity index (χ4n) is 3.76. The predicted molar refractivity (Wildman–Crippen MR) is 110 cm³/mol. The summed E-state index contributed by atoms with van der Waals surface area (Å²) in [6, 6.07) is 2.85. The van der Waals surface area contributed by atoms with Crippen LogP contribution in [-0.4, -0.2) is 17.6 Å². The summed E-state index contributed by atoms with van der Waals surface area (Å²) in [4.78, 5) is 0. The highest BCUT2D eigenvalue weighted by Gasteiger charge is 2.23. The third-order valence-electron chi connectivity index (χ3n) is 5.40. The summed E-state index contributed by atoms with van der Waals surface area (Å²) in [7, 11) is 1.32. The topological polar surface area (TPSA) is 18.5 Å². The summed E-state index contributed by atoms with van der Waals surface area (Å²) in [5.74, 6) is -0.791. The maximum atomic E-state index is 13.9. The number of halogens is 3. The minimum absolute atomic E-state index is 0.0190. The lowest BCUT2D eigenvalue weighted by molar-refractivity contribution is 0.172. The first-order chi connectivity index (χ1) is 12.5. The van der Waals surface area contributed by atoms with Gasteiger partial charge in [-0.25, -0.2) is 0 Å². The van der Waals surface area contributed by atoms with Crippen LogP contribution in [-0.2, 0) is 0 Å². The molecule has 1 aromatic rings. The Kier molecular flexibility index (Phi) is 9.43. The summed E-state index contributed by atoms with van der Waals surface area (Å²) < 4.78 is 38.8. The van der Waals surface area contributed by atoms with Gasteiger partial charge in [-0.1, -0.05) is 61.6 Å². The van der Waals surface area contributed by atoms with E-state index in [9.17, 15) is 8.78 Å². The molecule has 0 N–H and O–H groups in total. The zero-order valence-corrected chi connectivity index (χ0v) is 18.1. The van der Waals surface area contributed by atoms with Gasteiger partial charge in [0.15, 0.2) is 11.5 Å². The monoisotopic (exact) mass is 480 g/mol. The van der Waals surface area contributed by atoms with Gasteiger partial charge in [0.05, 0.1) is 13.7 Å². The second-order valence-corrected chi connectivity index (χ2v) is 9.17. The molecule has 0 saturated heterocycles. The Morgan fingerprint density at radius 1 is 1.04 bits per heavy atom. The molecular weight excluding hydrogens is 449 g/mol. The molecule has 1 fully saturated rings. The van der Waals surface area contributed by atoms with Crippen LogP contribution in [0.25, 0.3) is 0 Å². The molecule has 1 saturated carbocycles. The Labute approximate surface area is 170 Å². The highest BCUT2D eigenvalue weighted by atomic mass is 127. The van der Waals surface area contributed by atoms with E-state index in [-0.39, 0.29) is 11.5 Å². The van der Waals surface area contributed by atoms with Crippen LogP contribution in [0.2, 0.25) is 0 Å². The van der Waals surface area contributed by atoms with E-state index in [1.54, 1.807) is 0 Å². The molecule has 148 valence electrons. The summed E-state index contributed by atoms with van der Waals surface area (Å²) >= 11 is 2.58. The number of hydrogen-bond donors (Lipinski definition) is 0. The van der Waals surface area contributed by atoms with Crippen LogP contribution < -0.4 is 9.47 Å². The van der Waals surface area contributed by atoms with Crippen molar-refractivity contribution in [3.8, 4) is 11.5 Å². The Morgan fingerprint density at radius 3 is 2.31 bits per heavy atom. The van der Waals surface area contributed by atoms with E-state index in [1.807, 2.05) is 0 Å². The van der Waals surface area contributed by atoms with Crippen LogP contribution in [0.4, 0.5) is 8.78 Å². The lowest BCUT2D eigenvalue weighted by Gasteiger charge is -2.28. The molecule has 2 rings (SSSR count). The quantitative estimate of drug-likeness (QED) is 0.267. The summed E-state index contributed by atoms with van der Waals surface area (Å²) in [6.07, 6.45) is 11.3. The molecule has 2 nitrogen and oxygen atoms in total. The fourth-order valence-corrected chi connectivity index (χ4v) is 4.83. The van der Waals surface area contributed by atoms with Gasteiger partial charge in [-0.05, 0) is 49.7 Å². The van der Waals surface area contributed by atoms with Crippen LogP contribution in [0.5, 0.6) is 11.5 Å². The van der Waals surface area contributed by atoms with Gasteiger partial charge in [0.1, 0.15) is 0 Å². The van der Waals surface area contributed by atoms with Crippen LogP contribution in [0, 0.1) is 23.5 Å². The van der Waals surface area contributed by atoms with E-state index in [0.29, 0.717) is 12.5 Å². The van der Waals surface area contributed by atoms with Gasteiger partial charge in [0.2, 0.25) is 11.6 Å². The maximum absolute atomic E-state index is 13.9. The van der Waals surface area contributed by atoms with Crippen LogP contribution in [0.3, 0.4) is 0 Å². The number of hydrogen-bond acceptors (Lipinski definition) is 2. The van der Waals surface area contributed by atoms with E-state index in [1.165, 1.54) is 64.2 Å². The van der Waals surface area contributed by atoms with Crippen molar-refractivity contribution < 1.29 is 18.3 Å². The summed E-state index contributed by atoms with van der Waals surface area (Å²) in [6.45, 7) is 2.71.